The Morgan fingerprint density at radius 2 is 1.42 bits per heavy atom. The third kappa shape index (κ3) is 6.65. The quantitative estimate of drug-likeness (QED) is 0.213. The molecule has 0 saturated heterocycles. The van der Waals surface area contributed by atoms with Crippen molar-refractivity contribution in [2.24, 2.45) is 0 Å². The molecule has 0 unspecified atom stereocenters. The molecular weight excluding hydrogens is 470 g/mol. The Hall–Kier alpha value is -4.90. The van der Waals surface area contributed by atoms with Crippen molar-refractivity contribution in [3.8, 4) is 16.9 Å². The van der Waals surface area contributed by atoms with Crippen molar-refractivity contribution >= 4 is 17.3 Å². The summed E-state index contributed by atoms with van der Waals surface area (Å²) in [5.74, 6) is 0.633. The van der Waals surface area contributed by atoms with E-state index in [1.54, 1.807) is 0 Å². The maximum absolute atomic E-state index is 13.2. The number of hydrogen-bond acceptors (Lipinski definition) is 4. The molecule has 0 saturated carbocycles. The Bertz CT molecular complexity index is 1450. The Balaban J connectivity index is 1.19. The first-order valence-electron chi connectivity index (χ1n) is 12.7. The van der Waals surface area contributed by atoms with Gasteiger partial charge in [0.25, 0.3) is 5.91 Å². The average molecular weight is 500 g/mol. The van der Waals surface area contributed by atoms with Crippen LogP contribution >= 0.6 is 0 Å². The first-order valence-corrected chi connectivity index (χ1v) is 12.7. The van der Waals surface area contributed by atoms with E-state index in [9.17, 15) is 4.79 Å². The van der Waals surface area contributed by atoms with E-state index in [2.05, 4.69) is 15.6 Å². The average Bonchev–Trinajstić information content (AvgIpc) is 2.98. The van der Waals surface area contributed by atoms with Gasteiger partial charge in [0.2, 0.25) is 0 Å². The summed E-state index contributed by atoms with van der Waals surface area (Å²) in [5, 5.41) is 6.42. The van der Waals surface area contributed by atoms with Crippen molar-refractivity contribution in [3.63, 3.8) is 0 Å². The lowest BCUT2D eigenvalue weighted by atomic mass is 9.99. The van der Waals surface area contributed by atoms with E-state index < -0.39 is 0 Å². The van der Waals surface area contributed by atoms with Gasteiger partial charge in [0.1, 0.15) is 12.4 Å². The number of hydrogen-bond donors (Lipinski definition) is 2. The standard InChI is InChI=1S/C33H29N3O2/c37-33(36-29-17-15-28(16-18-29)35-23-21-27-10-6-7-22-34-27)32-12-5-4-11-31(32)26-13-19-30(20-14-26)38-24-25-8-2-1-3-9-25/h1-20,22,35H,21,23-24H2,(H,36,37). The smallest absolute Gasteiger partial charge is 0.256 e. The van der Waals surface area contributed by atoms with Crippen molar-refractivity contribution in [2.75, 3.05) is 17.2 Å². The third-order valence-electron chi connectivity index (χ3n) is 6.16. The molecule has 1 heterocycles. The topological polar surface area (TPSA) is 63.2 Å². The van der Waals surface area contributed by atoms with Crippen molar-refractivity contribution in [2.45, 2.75) is 13.0 Å². The number of amides is 1. The van der Waals surface area contributed by atoms with Crippen molar-refractivity contribution < 1.29 is 9.53 Å². The molecule has 5 nitrogen and oxygen atoms in total. The van der Waals surface area contributed by atoms with Crippen LogP contribution in [0.25, 0.3) is 11.1 Å². The van der Waals surface area contributed by atoms with Crippen molar-refractivity contribution in [1.29, 1.82) is 0 Å². The summed E-state index contributed by atoms with van der Waals surface area (Å²) >= 11 is 0. The van der Waals surface area contributed by atoms with Gasteiger partial charge in [0.05, 0.1) is 0 Å². The number of pyridine rings is 1. The monoisotopic (exact) mass is 499 g/mol. The summed E-state index contributed by atoms with van der Waals surface area (Å²) in [6.07, 6.45) is 2.65. The van der Waals surface area contributed by atoms with Crippen LogP contribution in [0.5, 0.6) is 5.75 Å². The Morgan fingerprint density at radius 1 is 0.711 bits per heavy atom. The van der Waals surface area contributed by atoms with Crippen LogP contribution in [0, 0.1) is 0 Å². The molecule has 2 N–H and O–H groups in total. The zero-order valence-electron chi connectivity index (χ0n) is 21.0. The molecule has 0 atom stereocenters. The number of carbonyl (C=O) groups excluding carboxylic acids is 1. The fraction of sp³-hybridized carbons (Fsp3) is 0.0909. The molecule has 5 aromatic rings. The number of nitrogens with one attached hydrogen (secondary N) is 2. The number of anilines is 2. The molecule has 0 aliphatic carbocycles. The summed E-state index contributed by atoms with van der Waals surface area (Å²) < 4.78 is 5.91. The zero-order valence-corrected chi connectivity index (χ0v) is 21.0. The lowest BCUT2D eigenvalue weighted by Crippen LogP contribution is -2.13. The number of nitrogens with zero attached hydrogens (tertiary/aromatic N) is 1. The predicted octanol–water partition coefficient (Wildman–Crippen LogP) is 7.23. The molecule has 188 valence electrons. The highest BCUT2D eigenvalue weighted by atomic mass is 16.5. The van der Waals surface area contributed by atoms with Crippen molar-refractivity contribution in [3.05, 3.63) is 144 Å². The molecule has 0 aliphatic heterocycles. The van der Waals surface area contributed by atoms with Gasteiger partial charge in [-0.1, -0.05) is 66.7 Å². The zero-order chi connectivity index (χ0) is 26.0. The molecule has 0 aliphatic rings. The van der Waals surface area contributed by atoms with E-state index in [-0.39, 0.29) is 5.91 Å². The van der Waals surface area contributed by atoms with E-state index in [4.69, 9.17) is 4.74 Å². The molecule has 1 amide bonds. The van der Waals surface area contributed by atoms with Crippen LogP contribution in [0.15, 0.2) is 128 Å². The number of carbonyl (C=O) groups is 1. The summed E-state index contributed by atoms with van der Waals surface area (Å²) in [4.78, 5) is 17.5. The number of ether oxygens (including phenoxy) is 1. The van der Waals surface area contributed by atoms with Crippen molar-refractivity contribution in [1.82, 2.24) is 4.98 Å². The fourth-order valence-corrected chi connectivity index (χ4v) is 4.16. The van der Waals surface area contributed by atoms with Crippen LogP contribution in [0.2, 0.25) is 0 Å². The van der Waals surface area contributed by atoms with Crippen LogP contribution in [0.4, 0.5) is 11.4 Å². The second kappa shape index (κ2) is 12.4. The van der Waals surface area contributed by atoms with Gasteiger partial charge in [-0.2, -0.15) is 0 Å². The van der Waals surface area contributed by atoms with Crippen LogP contribution < -0.4 is 15.4 Å². The maximum Gasteiger partial charge on any atom is 0.256 e. The van der Waals surface area contributed by atoms with E-state index in [0.717, 1.165) is 52.5 Å². The first-order chi connectivity index (χ1) is 18.7. The van der Waals surface area contributed by atoms with Gasteiger partial charge in [0.15, 0.2) is 0 Å². The maximum atomic E-state index is 13.2. The molecule has 0 fully saturated rings. The Kier molecular flexibility index (Phi) is 8.07. The van der Waals surface area contributed by atoms with E-state index in [1.165, 1.54) is 0 Å². The molecule has 4 aromatic carbocycles. The summed E-state index contributed by atoms with van der Waals surface area (Å²) in [5.41, 5.74) is 6.34. The summed E-state index contributed by atoms with van der Waals surface area (Å²) in [7, 11) is 0. The highest BCUT2D eigenvalue weighted by Gasteiger charge is 2.13. The van der Waals surface area contributed by atoms with Crippen LogP contribution in [-0.4, -0.2) is 17.4 Å². The molecule has 0 bridgehead atoms. The van der Waals surface area contributed by atoms with E-state index >= 15 is 0 Å². The lowest BCUT2D eigenvalue weighted by Gasteiger charge is -2.12. The van der Waals surface area contributed by atoms with Gasteiger partial charge in [-0.3, -0.25) is 9.78 Å². The number of rotatable bonds is 10. The normalized spacial score (nSPS) is 10.5. The van der Waals surface area contributed by atoms with Crippen LogP contribution in [0.1, 0.15) is 21.6 Å². The largest absolute Gasteiger partial charge is 0.489 e. The molecule has 5 rings (SSSR count). The summed E-state index contributed by atoms with van der Waals surface area (Å²) in [6, 6.07) is 39.2. The molecule has 1 aromatic heterocycles. The van der Waals surface area contributed by atoms with Gasteiger partial charge >= 0.3 is 0 Å². The number of aromatic nitrogens is 1. The molecular formula is C33H29N3O2. The third-order valence-corrected chi connectivity index (χ3v) is 6.16. The van der Waals surface area contributed by atoms with Gasteiger partial charge in [-0.25, -0.2) is 0 Å². The highest BCUT2D eigenvalue weighted by Crippen LogP contribution is 2.27. The second-order valence-electron chi connectivity index (χ2n) is 8.87. The minimum Gasteiger partial charge on any atom is -0.489 e. The van der Waals surface area contributed by atoms with E-state index in [1.807, 2.05) is 128 Å². The second-order valence-corrected chi connectivity index (χ2v) is 8.87. The predicted molar refractivity (Wildman–Crippen MR) is 153 cm³/mol. The first kappa shape index (κ1) is 24.8. The molecule has 0 radical (unpaired) electrons. The Labute approximate surface area is 223 Å². The van der Waals surface area contributed by atoms with Gasteiger partial charge in [-0.05, 0) is 71.3 Å². The fourth-order valence-electron chi connectivity index (χ4n) is 4.16. The van der Waals surface area contributed by atoms with Gasteiger partial charge < -0.3 is 15.4 Å². The minimum atomic E-state index is -0.152. The SMILES string of the molecule is O=C(Nc1ccc(NCCc2ccccn2)cc1)c1ccccc1-c1ccc(OCc2ccccc2)cc1. The summed E-state index contributed by atoms with van der Waals surface area (Å²) in [6.45, 7) is 1.30. The molecule has 38 heavy (non-hydrogen) atoms. The van der Waals surface area contributed by atoms with E-state index in [0.29, 0.717) is 12.2 Å². The highest BCUT2D eigenvalue weighted by molar-refractivity contribution is 6.08. The molecule has 0 spiro atoms. The van der Waals surface area contributed by atoms with Gasteiger partial charge in [-0.15, -0.1) is 0 Å². The Morgan fingerprint density at radius 3 is 2.18 bits per heavy atom. The number of benzene rings is 4. The lowest BCUT2D eigenvalue weighted by molar-refractivity contribution is 0.102. The van der Waals surface area contributed by atoms with Crippen LogP contribution in [0.3, 0.4) is 0 Å². The van der Waals surface area contributed by atoms with Gasteiger partial charge in [0, 0.05) is 41.8 Å². The van der Waals surface area contributed by atoms with Crippen LogP contribution in [-0.2, 0) is 13.0 Å². The molecule has 5 heteroatoms. The minimum absolute atomic E-state index is 0.152.